The highest BCUT2D eigenvalue weighted by atomic mass is 127. The molecule has 136 valence electrons. The van der Waals surface area contributed by atoms with E-state index in [2.05, 4.69) is 34.4 Å². The highest BCUT2D eigenvalue weighted by Crippen LogP contribution is 2.10. The van der Waals surface area contributed by atoms with Gasteiger partial charge in [0.15, 0.2) is 5.96 Å². The Hall–Kier alpha value is -0.570. The average Bonchev–Trinajstić information content (AvgIpc) is 2.56. The summed E-state index contributed by atoms with van der Waals surface area (Å²) in [7, 11) is 1.79. The maximum Gasteiger partial charge on any atom is 0.191 e. The summed E-state index contributed by atoms with van der Waals surface area (Å²) in [5, 5.41) is 7.48. The van der Waals surface area contributed by atoms with E-state index >= 15 is 0 Å². The fraction of sp³-hybridized carbons (Fsp3) is 0.588. The van der Waals surface area contributed by atoms with E-state index in [1.807, 2.05) is 24.3 Å². The second-order valence-corrected chi connectivity index (χ2v) is 6.38. The first-order valence-corrected chi connectivity index (χ1v) is 8.50. The number of nitrogens with zero attached hydrogens (tertiary/aromatic N) is 2. The third-order valence-corrected chi connectivity index (χ3v) is 4.40. The lowest BCUT2D eigenvalue weighted by molar-refractivity contribution is -0.0174. The molecule has 0 aliphatic carbocycles. The van der Waals surface area contributed by atoms with Crippen molar-refractivity contribution in [2.45, 2.75) is 32.5 Å². The Bertz CT molecular complexity index is 512. The van der Waals surface area contributed by atoms with Crippen LogP contribution in [0.3, 0.4) is 0 Å². The lowest BCUT2D eigenvalue weighted by atomic mass is 10.2. The fourth-order valence-electron chi connectivity index (χ4n) is 2.77. The van der Waals surface area contributed by atoms with Crippen LogP contribution in [0, 0.1) is 0 Å². The van der Waals surface area contributed by atoms with Gasteiger partial charge in [0.1, 0.15) is 0 Å². The molecule has 0 saturated carbocycles. The predicted molar refractivity (Wildman–Crippen MR) is 112 cm³/mol. The third-order valence-electron chi connectivity index (χ3n) is 4.15. The molecule has 1 fully saturated rings. The van der Waals surface area contributed by atoms with Gasteiger partial charge < -0.3 is 15.4 Å². The molecule has 0 bridgehead atoms. The molecule has 2 N–H and O–H groups in total. The van der Waals surface area contributed by atoms with Crippen molar-refractivity contribution in [3.63, 3.8) is 0 Å². The Kier molecular flexibility index (Phi) is 9.95. The molecule has 2 rings (SSSR count). The van der Waals surface area contributed by atoms with Crippen LogP contribution < -0.4 is 10.6 Å². The fourth-order valence-corrected chi connectivity index (χ4v) is 2.89. The lowest BCUT2D eigenvalue weighted by Crippen LogP contribution is -2.52. The molecule has 1 saturated heterocycles. The zero-order valence-electron chi connectivity index (χ0n) is 14.6. The van der Waals surface area contributed by atoms with Crippen molar-refractivity contribution >= 4 is 41.5 Å². The first kappa shape index (κ1) is 21.5. The lowest BCUT2D eigenvalue weighted by Gasteiger charge is -2.38. The zero-order valence-corrected chi connectivity index (χ0v) is 17.7. The van der Waals surface area contributed by atoms with Gasteiger partial charge in [-0.1, -0.05) is 23.7 Å². The average molecular weight is 467 g/mol. The molecular formula is C17H28ClIN4O. The number of hydrogen-bond donors (Lipinski definition) is 2. The molecule has 2 unspecified atom stereocenters. The molecule has 1 heterocycles. The van der Waals surface area contributed by atoms with Crippen LogP contribution in [0.25, 0.3) is 0 Å². The highest BCUT2D eigenvalue weighted by Gasteiger charge is 2.23. The van der Waals surface area contributed by atoms with Gasteiger partial charge in [-0.05, 0) is 31.5 Å². The summed E-state index contributed by atoms with van der Waals surface area (Å²) in [6.45, 7) is 8.64. The number of rotatable bonds is 5. The molecule has 1 aromatic carbocycles. The van der Waals surface area contributed by atoms with Crippen molar-refractivity contribution in [2.75, 3.05) is 33.4 Å². The molecule has 0 aromatic heterocycles. The highest BCUT2D eigenvalue weighted by molar-refractivity contribution is 14.0. The minimum atomic E-state index is 0. The van der Waals surface area contributed by atoms with Crippen LogP contribution in [0.15, 0.2) is 29.3 Å². The van der Waals surface area contributed by atoms with Gasteiger partial charge in [-0.25, -0.2) is 0 Å². The number of benzene rings is 1. The molecule has 1 aromatic rings. The standard InChI is InChI=1S/C17H27ClN4O.HI/c1-13(22-8-9-23-12-14(22)2)10-20-17(19-3)21-11-15-4-6-16(18)7-5-15;/h4-7,13-14H,8-12H2,1-3H3,(H2,19,20,21);1H. The van der Waals surface area contributed by atoms with E-state index in [1.54, 1.807) is 7.05 Å². The van der Waals surface area contributed by atoms with Gasteiger partial charge in [-0.2, -0.15) is 0 Å². The predicted octanol–water partition coefficient (Wildman–Crippen LogP) is 2.73. The molecule has 0 amide bonds. The molecule has 1 aliphatic rings. The number of morpholine rings is 1. The molecule has 0 spiro atoms. The quantitative estimate of drug-likeness (QED) is 0.398. The Morgan fingerprint density at radius 2 is 2.08 bits per heavy atom. The van der Waals surface area contributed by atoms with Crippen LogP contribution >= 0.6 is 35.6 Å². The molecule has 24 heavy (non-hydrogen) atoms. The van der Waals surface area contributed by atoms with Crippen LogP contribution in [-0.4, -0.2) is 56.3 Å². The van der Waals surface area contributed by atoms with E-state index in [1.165, 1.54) is 5.56 Å². The van der Waals surface area contributed by atoms with Crippen molar-refractivity contribution in [1.29, 1.82) is 0 Å². The van der Waals surface area contributed by atoms with E-state index in [9.17, 15) is 0 Å². The van der Waals surface area contributed by atoms with Gasteiger partial charge in [0.2, 0.25) is 0 Å². The zero-order chi connectivity index (χ0) is 16.7. The van der Waals surface area contributed by atoms with Crippen LogP contribution in [0.1, 0.15) is 19.4 Å². The Morgan fingerprint density at radius 3 is 2.71 bits per heavy atom. The van der Waals surface area contributed by atoms with Gasteiger partial charge in [0, 0.05) is 43.8 Å². The van der Waals surface area contributed by atoms with E-state index in [0.29, 0.717) is 12.1 Å². The molecule has 7 heteroatoms. The summed E-state index contributed by atoms with van der Waals surface area (Å²) in [5.74, 6) is 0.813. The summed E-state index contributed by atoms with van der Waals surface area (Å²) in [6, 6.07) is 8.72. The van der Waals surface area contributed by atoms with Crippen LogP contribution in [0.4, 0.5) is 0 Å². The van der Waals surface area contributed by atoms with Gasteiger partial charge in [-0.3, -0.25) is 9.89 Å². The van der Waals surface area contributed by atoms with Gasteiger partial charge in [0.25, 0.3) is 0 Å². The Balaban J connectivity index is 0.00000288. The number of halogens is 2. The SMILES string of the molecule is CN=C(NCc1ccc(Cl)cc1)NCC(C)N1CCOCC1C.I. The second-order valence-electron chi connectivity index (χ2n) is 5.94. The van der Waals surface area contributed by atoms with Crippen molar-refractivity contribution in [3.8, 4) is 0 Å². The van der Waals surface area contributed by atoms with Crippen LogP contribution in [-0.2, 0) is 11.3 Å². The van der Waals surface area contributed by atoms with E-state index < -0.39 is 0 Å². The maximum absolute atomic E-state index is 5.90. The number of ether oxygens (including phenoxy) is 1. The summed E-state index contributed by atoms with van der Waals surface area (Å²) in [5.41, 5.74) is 1.17. The normalized spacial score (nSPS) is 20.2. The Labute approximate surface area is 167 Å². The minimum absolute atomic E-state index is 0. The Morgan fingerprint density at radius 1 is 1.38 bits per heavy atom. The topological polar surface area (TPSA) is 48.9 Å². The smallest absolute Gasteiger partial charge is 0.191 e. The largest absolute Gasteiger partial charge is 0.379 e. The van der Waals surface area contributed by atoms with E-state index in [0.717, 1.165) is 43.8 Å². The van der Waals surface area contributed by atoms with Crippen molar-refractivity contribution in [2.24, 2.45) is 4.99 Å². The summed E-state index contributed by atoms with van der Waals surface area (Å²) in [4.78, 5) is 6.76. The first-order chi connectivity index (χ1) is 11.1. The van der Waals surface area contributed by atoms with Crippen molar-refractivity contribution in [3.05, 3.63) is 34.9 Å². The van der Waals surface area contributed by atoms with E-state index in [4.69, 9.17) is 16.3 Å². The monoisotopic (exact) mass is 466 g/mol. The summed E-state index contributed by atoms with van der Waals surface area (Å²) < 4.78 is 5.50. The van der Waals surface area contributed by atoms with Crippen molar-refractivity contribution < 1.29 is 4.74 Å². The molecule has 2 atom stereocenters. The second kappa shape index (κ2) is 11.1. The van der Waals surface area contributed by atoms with Crippen molar-refractivity contribution in [1.82, 2.24) is 15.5 Å². The van der Waals surface area contributed by atoms with Gasteiger partial charge in [0.05, 0.1) is 13.2 Å². The number of aliphatic imine (C=N–C) groups is 1. The number of hydrogen-bond acceptors (Lipinski definition) is 3. The third kappa shape index (κ3) is 6.74. The molecule has 1 aliphatic heterocycles. The molecular weight excluding hydrogens is 439 g/mol. The van der Waals surface area contributed by atoms with Gasteiger partial charge in [-0.15, -0.1) is 24.0 Å². The van der Waals surface area contributed by atoms with Crippen LogP contribution in [0.2, 0.25) is 5.02 Å². The summed E-state index contributed by atoms with van der Waals surface area (Å²) in [6.07, 6.45) is 0. The first-order valence-electron chi connectivity index (χ1n) is 8.12. The molecule has 5 nitrogen and oxygen atoms in total. The van der Waals surface area contributed by atoms with Crippen LogP contribution in [0.5, 0.6) is 0 Å². The molecule has 0 radical (unpaired) electrons. The maximum atomic E-state index is 5.90. The van der Waals surface area contributed by atoms with Gasteiger partial charge >= 0.3 is 0 Å². The summed E-state index contributed by atoms with van der Waals surface area (Å²) >= 11 is 5.90. The number of nitrogens with one attached hydrogen (secondary N) is 2. The minimum Gasteiger partial charge on any atom is -0.379 e. The van der Waals surface area contributed by atoms with E-state index in [-0.39, 0.29) is 24.0 Å². The number of guanidine groups is 1.